The van der Waals surface area contributed by atoms with E-state index in [1.165, 1.54) is 36.4 Å². The number of halogens is 2. The van der Waals surface area contributed by atoms with Gasteiger partial charge < -0.3 is 13.6 Å². The maximum atomic E-state index is 12.9. The minimum Gasteiger partial charge on any atom is -0.450 e. The molecular formula is C17H12BrFN2O4. The molecule has 0 saturated heterocycles. The molecule has 0 aliphatic rings. The molecule has 0 saturated carbocycles. The number of carbonyl (C=O) groups is 1. The topological polar surface area (TPSA) is 78.4 Å². The molecule has 3 rings (SSSR count). The Bertz CT molecular complexity index is 902. The molecule has 2 heterocycles. The van der Waals surface area contributed by atoms with Crippen molar-refractivity contribution in [1.82, 2.24) is 10.2 Å². The first kappa shape index (κ1) is 17.1. The van der Waals surface area contributed by atoms with Crippen LogP contribution in [0.1, 0.15) is 24.7 Å². The van der Waals surface area contributed by atoms with Gasteiger partial charge >= 0.3 is 5.97 Å². The van der Waals surface area contributed by atoms with Gasteiger partial charge in [0.25, 0.3) is 5.89 Å². The predicted molar refractivity (Wildman–Crippen MR) is 89.6 cm³/mol. The van der Waals surface area contributed by atoms with Gasteiger partial charge in [-0.3, -0.25) is 0 Å². The number of benzene rings is 1. The van der Waals surface area contributed by atoms with E-state index < -0.39 is 12.1 Å². The van der Waals surface area contributed by atoms with Crippen LogP contribution in [0, 0.1) is 5.82 Å². The summed E-state index contributed by atoms with van der Waals surface area (Å²) in [6.07, 6.45) is 1.98. The third kappa shape index (κ3) is 4.42. The molecule has 0 radical (unpaired) electrons. The Hall–Kier alpha value is -2.74. The second-order valence-electron chi connectivity index (χ2n) is 5.01. The third-order valence-corrected chi connectivity index (χ3v) is 3.58. The van der Waals surface area contributed by atoms with Crippen LogP contribution in [0.25, 0.3) is 17.5 Å². The molecule has 128 valence electrons. The van der Waals surface area contributed by atoms with Crippen molar-refractivity contribution >= 4 is 28.0 Å². The Labute approximate surface area is 150 Å². The van der Waals surface area contributed by atoms with Crippen molar-refractivity contribution in [1.29, 1.82) is 0 Å². The fourth-order valence-electron chi connectivity index (χ4n) is 1.94. The molecule has 1 aromatic carbocycles. The summed E-state index contributed by atoms with van der Waals surface area (Å²) >= 11 is 3.17. The van der Waals surface area contributed by atoms with Gasteiger partial charge in [-0.2, -0.15) is 0 Å². The van der Waals surface area contributed by atoms with Crippen LogP contribution in [0.3, 0.4) is 0 Å². The van der Waals surface area contributed by atoms with E-state index in [0.717, 1.165) is 0 Å². The minimum absolute atomic E-state index is 0.141. The van der Waals surface area contributed by atoms with E-state index in [-0.39, 0.29) is 17.6 Å². The van der Waals surface area contributed by atoms with Crippen LogP contribution < -0.4 is 0 Å². The molecule has 3 aromatic rings. The zero-order chi connectivity index (χ0) is 17.8. The summed E-state index contributed by atoms with van der Waals surface area (Å²) in [6, 6.07) is 9.04. The molecule has 1 atom stereocenters. The lowest BCUT2D eigenvalue weighted by atomic mass is 10.2. The van der Waals surface area contributed by atoms with Gasteiger partial charge in [0, 0.05) is 11.6 Å². The van der Waals surface area contributed by atoms with Crippen LogP contribution in [-0.4, -0.2) is 16.2 Å². The van der Waals surface area contributed by atoms with E-state index >= 15 is 0 Å². The molecule has 8 heteroatoms. The largest absolute Gasteiger partial charge is 0.450 e. The molecular weight excluding hydrogens is 395 g/mol. The highest BCUT2D eigenvalue weighted by molar-refractivity contribution is 9.10. The zero-order valence-electron chi connectivity index (χ0n) is 13.0. The van der Waals surface area contributed by atoms with Crippen molar-refractivity contribution in [3.05, 3.63) is 64.6 Å². The summed E-state index contributed by atoms with van der Waals surface area (Å²) in [4.78, 5) is 11.8. The summed E-state index contributed by atoms with van der Waals surface area (Å²) in [5.74, 6) is -0.0775. The number of ether oxygens (including phenoxy) is 1. The number of carbonyl (C=O) groups excluding carboxylic acids is 1. The van der Waals surface area contributed by atoms with Crippen molar-refractivity contribution in [3.8, 4) is 11.5 Å². The van der Waals surface area contributed by atoms with Crippen LogP contribution in [0.4, 0.5) is 4.39 Å². The first-order valence-electron chi connectivity index (χ1n) is 7.24. The average molecular weight is 407 g/mol. The van der Waals surface area contributed by atoms with E-state index in [4.69, 9.17) is 13.6 Å². The molecule has 0 unspecified atom stereocenters. The van der Waals surface area contributed by atoms with Gasteiger partial charge in [-0.15, -0.1) is 10.2 Å². The first-order valence-corrected chi connectivity index (χ1v) is 8.04. The number of aromatic nitrogens is 2. The van der Waals surface area contributed by atoms with Crippen molar-refractivity contribution in [2.45, 2.75) is 13.0 Å². The number of nitrogens with zero attached hydrogens (tertiary/aromatic N) is 2. The number of rotatable bonds is 5. The van der Waals surface area contributed by atoms with Gasteiger partial charge in [-0.05, 0) is 65.3 Å². The predicted octanol–water partition coefficient (Wildman–Crippen LogP) is 4.55. The quantitative estimate of drug-likeness (QED) is 0.456. The number of esters is 1. The molecule has 0 amide bonds. The fraction of sp³-hybridized carbons (Fsp3) is 0.118. The van der Waals surface area contributed by atoms with Crippen LogP contribution in [0.5, 0.6) is 0 Å². The Kier molecular flexibility index (Phi) is 5.08. The zero-order valence-corrected chi connectivity index (χ0v) is 14.6. The van der Waals surface area contributed by atoms with E-state index in [0.29, 0.717) is 16.0 Å². The van der Waals surface area contributed by atoms with E-state index in [1.54, 1.807) is 19.1 Å². The maximum Gasteiger partial charge on any atom is 0.331 e. The van der Waals surface area contributed by atoms with Crippen LogP contribution >= 0.6 is 15.9 Å². The maximum absolute atomic E-state index is 12.9. The van der Waals surface area contributed by atoms with Gasteiger partial charge in [0.05, 0.1) is 0 Å². The van der Waals surface area contributed by atoms with Crippen LogP contribution in [0.2, 0.25) is 0 Å². The monoisotopic (exact) mass is 406 g/mol. The molecule has 2 aromatic heterocycles. The van der Waals surface area contributed by atoms with Gasteiger partial charge in [0.15, 0.2) is 10.8 Å². The second kappa shape index (κ2) is 7.43. The number of hydrogen-bond donors (Lipinski definition) is 0. The van der Waals surface area contributed by atoms with E-state index in [1.807, 2.05) is 0 Å². The van der Waals surface area contributed by atoms with Gasteiger partial charge in [-0.1, -0.05) is 0 Å². The smallest absolute Gasteiger partial charge is 0.331 e. The Morgan fingerprint density at radius 2 is 1.96 bits per heavy atom. The highest BCUT2D eigenvalue weighted by Gasteiger charge is 2.18. The molecule has 0 spiro atoms. The van der Waals surface area contributed by atoms with Gasteiger partial charge in [-0.25, -0.2) is 9.18 Å². The summed E-state index contributed by atoms with van der Waals surface area (Å²) in [6.45, 7) is 1.61. The standard InChI is InChI=1S/C17H12BrFN2O4/c1-10(23-15(22)9-7-13-6-8-14(18)24-13)16-20-21-17(25-16)11-2-4-12(19)5-3-11/h2-10H,1H3/b9-7+/t10-/m1/s1. The highest BCUT2D eigenvalue weighted by Crippen LogP contribution is 2.23. The molecule has 0 fully saturated rings. The van der Waals surface area contributed by atoms with Crippen LogP contribution in [0.15, 0.2) is 56.0 Å². The number of hydrogen-bond acceptors (Lipinski definition) is 6. The molecule has 0 aliphatic carbocycles. The Balaban J connectivity index is 1.63. The normalized spacial score (nSPS) is 12.4. The third-order valence-electron chi connectivity index (χ3n) is 3.15. The summed E-state index contributed by atoms with van der Waals surface area (Å²) in [7, 11) is 0. The summed E-state index contributed by atoms with van der Waals surface area (Å²) in [5.41, 5.74) is 0.571. The minimum atomic E-state index is -0.734. The summed E-state index contributed by atoms with van der Waals surface area (Å²) in [5, 5.41) is 7.73. The molecule has 0 N–H and O–H groups in total. The first-order chi connectivity index (χ1) is 12.0. The number of furan rings is 1. The molecule has 25 heavy (non-hydrogen) atoms. The van der Waals surface area contributed by atoms with E-state index in [2.05, 4.69) is 26.1 Å². The van der Waals surface area contributed by atoms with Gasteiger partial charge in [0.2, 0.25) is 5.89 Å². The van der Waals surface area contributed by atoms with E-state index in [9.17, 15) is 9.18 Å². The average Bonchev–Trinajstić information content (AvgIpc) is 3.23. The molecule has 0 bridgehead atoms. The molecule has 6 nitrogen and oxygen atoms in total. The summed E-state index contributed by atoms with van der Waals surface area (Å²) < 4.78 is 29.4. The lowest BCUT2D eigenvalue weighted by molar-refractivity contribution is -0.143. The Morgan fingerprint density at radius 1 is 1.20 bits per heavy atom. The van der Waals surface area contributed by atoms with Crippen molar-refractivity contribution < 1.29 is 22.8 Å². The Morgan fingerprint density at radius 3 is 2.64 bits per heavy atom. The lowest BCUT2D eigenvalue weighted by Gasteiger charge is -2.06. The van der Waals surface area contributed by atoms with Crippen molar-refractivity contribution in [2.24, 2.45) is 0 Å². The second-order valence-corrected chi connectivity index (χ2v) is 5.79. The SMILES string of the molecule is C[C@@H](OC(=O)/C=C/c1ccc(Br)o1)c1nnc(-c2ccc(F)cc2)o1. The lowest BCUT2D eigenvalue weighted by Crippen LogP contribution is -2.06. The van der Waals surface area contributed by atoms with Crippen molar-refractivity contribution in [2.75, 3.05) is 0 Å². The van der Waals surface area contributed by atoms with Gasteiger partial charge in [0.1, 0.15) is 11.6 Å². The van der Waals surface area contributed by atoms with Crippen molar-refractivity contribution in [3.63, 3.8) is 0 Å². The highest BCUT2D eigenvalue weighted by atomic mass is 79.9. The fourth-order valence-corrected chi connectivity index (χ4v) is 2.26. The van der Waals surface area contributed by atoms with Crippen LogP contribution in [-0.2, 0) is 9.53 Å². The molecule has 0 aliphatic heterocycles.